The molecule has 4 bridgehead atoms. The van der Waals surface area contributed by atoms with Gasteiger partial charge in [0.05, 0.1) is 0 Å². The predicted molar refractivity (Wildman–Crippen MR) is 82.2 cm³/mol. The van der Waals surface area contributed by atoms with Crippen LogP contribution >= 0.6 is 0 Å². The highest BCUT2D eigenvalue weighted by Gasteiger charge is 2.54. The van der Waals surface area contributed by atoms with Crippen LogP contribution in [-0.2, 0) is 11.3 Å². The highest BCUT2D eigenvalue weighted by molar-refractivity contribution is 5.83. The standard InChI is InChI=1S/C18H23NO3/c20-15-1-2-16(21)14(6-15)10-19-17(22)18-7-11-3-12(8-18)5-13(4-11)9-18/h1-2,6,11-13,20-21H,3-5,7-10H2,(H,19,22). The van der Waals surface area contributed by atoms with Crippen molar-refractivity contribution in [1.82, 2.24) is 5.32 Å². The third-order valence-electron chi connectivity index (χ3n) is 6.02. The topological polar surface area (TPSA) is 69.6 Å². The normalized spacial score (nSPS) is 35.5. The van der Waals surface area contributed by atoms with Crippen LogP contribution in [0.2, 0.25) is 0 Å². The summed E-state index contributed by atoms with van der Waals surface area (Å²) in [4.78, 5) is 12.8. The lowest BCUT2D eigenvalue weighted by atomic mass is 9.49. The molecular formula is C18H23NO3. The third kappa shape index (κ3) is 2.25. The first-order valence-electron chi connectivity index (χ1n) is 8.33. The van der Waals surface area contributed by atoms with Gasteiger partial charge in [-0.3, -0.25) is 4.79 Å². The monoisotopic (exact) mass is 301 g/mol. The Hall–Kier alpha value is -1.71. The quantitative estimate of drug-likeness (QED) is 0.752. The number of amides is 1. The summed E-state index contributed by atoms with van der Waals surface area (Å²) in [5.41, 5.74) is 0.402. The van der Waals surface area contributed by atoms with Crippen LogP contribution in [0, 0.1) is 23.2 Å². The van der Waals surface area contributed by atoms with Crippen LogP contribution in [0.4, 0.5) is 0 Å². The number of hydrogen-bond donors (Lipinski definition) is 3. The molecule has 0 atom stereocenters. The smallest absolute Gasteiger partial charge is 0.226 e. The molecule has 1 aromatic rings. The number of nitrogens with one attached hydrogen (secondary N) is 1. The summed E-state index contributed by atoms with van der Waals surface area (Å²) in [7, 11) is 0. The van der Waals surface area contributed by atoms with Gasteiger partial charge in [-0.15, -0.1) is 0 Å². The minimum Gasteiger partial charge on any atom is -0.508 e. The van der Waals surface area contributed by atoms with Crippen molar-refractivity contribution < 1.29 is 15.0 Å². The van der Waals surface area contributed by atoms with Gasteiger partial charge in [-0.25, -0.2) is 0 Å². The highest BCUT2D eigenvalue weighted by Crippen LogP contribution is 2.60. The van der Waals surface area contributed by atoms with Gasteiger partial charge in [0, 0.05) is 17.5 Å². The molecule has 22 heavy (non-hydrogen) atoms. The fraction of sp³-hybridized carbons (Fsp3) is 0.611. The molecule has 3 N–H and O–H groups in total. The molecule has 0 aromatic heterocycles. The van der Waals surface area contributed by atoms with E-state index in [0.29, 0.717) is 5.56 Å². The third-order valence-corrected chi connectivity index (χ3v) is 6.02. The number of carbonyl (C=O) groups is 1. The van der Waals surface area contributed by atoms with Crippen molar-refractivity contribution >= 4 is 5.91 Å². The van der Waals surface area contributed by atoms with Crippen LogP contribution in [0.5, 0.6) is 11.5 Å². The lowest BCUT2D eigenvalue weighted by Crippen LogP contribution is -2.53. The van der Waals surface area contributed by atoms with Crippen LogP contribution in [-0.4, -0.2) is 16.1 Å². The molecule has 1 amide bonds. The van der Waals surface area contributed by atoms with E-state index < -0.39 is 0 Å². The minimum atomic E-state index is -0.165. The molecule has 0 heterocycles. The van der Waals surface area contributed by atoms with Gasteiger partial charge >= 0.3 is 0 Å². The summed E-state index contributed by atoms with van der Waals surface area (Å²) in [6, 6.07) is 4.41. The SMILES string of the molecule is O=C(NCc1cc(O)ccc1O)C12CC3CC(CC(C3)C1)C2. The van der Waals surface area contributed by atoms with Crippen molar-refractivity contribution in [1.29, 1.82) is 0 Å². The Morgan fingerprint density at radius 2 is 1.68 bits per heavy atom. The first-order valence-corrected chi connectivity index (χ1v) is 8.33. The van der Waals surface area contributed by atoms with Crippen LogP contribution in [0.1, 0.15) is 44.1 Å². The van der Waals surface area contributed by atoms with Gasteiger partial charge in [-0.1, -0.05) is 0 Å². The molecule has 4 heteroatoms. The maximum atomic E-state index is 12.8. The van der Waals surface area contributed by atoms with E-state index in [4.69, 9.17) is 0 Å². The van der Waals surface area contributed by atoms with E-state index in [1.165, 1.54) is 37.5 Å². The molecule has 118 valence electrons. The average Bonchev–Trinajstić information content (AvgIpc) is 2.46. The first kappa shape index (κ1) is 13.9. The van der Waals surface area contributed by atoms with E-state index in [2.05, 4.69) is 5.32 Å². The van der Waals surface area contributed by atoms with E-state index in [0.717, 1.165) is 37.0 Å². The molecule has 0 spiro atoms. The Bertz CT molecular complexity index is 575. The number of carbonyl (C=O) groups excluding carboxylic acids is 1. The zero-order chi connectivity index (χ0) is 15.3. The summed E-state index contributed by atoms with van der Waals surface area (Å²) < 4.78 is 0. The summed E-state index contributed by atoms with van der Waals surface area (Å²) >= 11 is 0. The first-order chi connectivity index (χ1) is 10.5. The number of phenols is 2. The van der Waals surface area contributed by atoms with E-state index in [1.807, 2.05) is 0 Å². The zero-order valence-corrected chi connectivity index (χ0v) is 12.7. The highest BCUT2D eigenvalue weighted by atomic mass is 16.3. The number of benzene rings is 1. The Kier molecular flexibility index (Phi) is 3.10. The van der Waals surface area contributed by atoms with Gasteiger partial charge < -0.3 is 15.5 Å². The van der Waals surface area contributed by atoms with Gasteiger partial charge in [0.1, 0.15) is 11.5 Å². The average molecular weight is 301 g/mol. The second-order valence-corrected chi connectivity index (χ2v) is 7.69. The van der Waals surface area contributed by atoms with E-state index in [1.54, 1.807) is 0 Å². The lowest BCUT2D eigenvalue weighted by Gasteiger charge is -2.55. The molecule has 4 aliphatic carbocycles. The second kappa shape index (κ2) is 4.90. The maximum Gasteiger partial charge on any atom is 0.226 e. The largest absolute Gasteiger partial charge is 0.508 e. The Morgan fingerprint density at radius 3 is 2.27 bits per heavy atom. The van der Waals surface area contributed by atoms with Gasteiger partial charge in [0.2, 0.25) is 5.91 Å². The van der Waals surface area contributed by atoms with Gasteiger partial charge in [0.25, 0.3) is 0 Å². The van der Waals surface area contributed by atoms with Gasteiger partial charge in [-0.05, 0) is 74.5 Å². The number of phenolic OH excluding ortho intramolecular Hbond substituents is 2. The predicted octanol–water partition coefficient (Wildman–Crippen LogP) is 2.93. The number of aromatic hydroxyl groups is 2. The fourth-order valence-corrected chi connectivity index (χ4v) is 5.47. The lowest BCUT2D eigenvalue weighted by molar-refractivity contribution is -0.146. The van der Waals surface area contributed by atoms with Crippen molar-refractivity contribution in [2.24, 2.45) is 23.2 Å². The van der Waals surface area contributed by atoms with Crippen molar-refractivity contribution in [3.05, 3.63) is 23.8 Å². The molecule has 4 saturated carbocycles. The van der Waals surface area contributed by atoms with Crippen LogP contribution < -0.4 is 5.32 Å². The molecule has 4 fully saturated rings. The maximum absolute atomic E-state index is 12.8. The number of rotatable bonds is 3. The number of hydrogen-bond acceptors (Lipinski definition) is 3. The van der Waals surface area contributed by atoms with E-state index in [-0.39, 0.29) is 29.4 Å². The van der Waals surface area contributed by atoms with Crippen molar-refractivity contribution in [3.8, 4) is 11.5 Å². The molecule has 4 aliphatic rings. The summed E-state index contributed by atoms with van der Waals surface area (Å²) in [6.45, 7) is 0.279. The molecular weight excluding hydrogens is 278 g/mol. The molecule has 0 saturated heterocycles. The Morgan fingerprint density at radius 1 is 1.09 bits per heavy atom. The van der Waals surface area contributed by atoms with Crippen LogP contribution in [0.25, 0.3) is 0 Å². The Balaban J connectivity index is 1.47. The molecule has 1 aromatic carbocycles. The van der Waals surface area contributed by atoms with Crippen molar-refractivity contribution in [2.45, 2.75) is 45.1 Å². The Labute approximate surface area is 130 Å². The molecule has 0 aliphatic heterocycles. The fourth-order valence-electron chi connectivity index (χ4n) is 5.47. The molecule has 4 nitrogen and oxygen atoms in total. The molecule has 0 radical (unpaired) electrons. The molecule has 0 unspecified atom stereocenters. The van der Waals surface area contributed by atoms with Crippen LogP contribution in [0.15, 0.2) is 18.2 Å². The van der Waals surface area contributed by atoms with E-state index in [9.17, 15) is 15.0 Å². The second-order valence-electron chi connectivity index (χ2n) is 7.69. The van der Waals surface area contributed by atoms with Crippen molar-refractivity contribution in [3.63, 3.8) is 0 Å². The summed E-state index contributed by atoms with van der Waals surface area (Å²) in [5.74, 6) is 2.60. The van der Waals surface area contributed by atoms with Gasteiger partial charge in [-0.2, -0.15) is 0 Å². The van der Waals surface area contributed by atoms with Crippen LogP contribution in [0.3, 0.4) is 0 Å². The van der Waals surface area contributed by atoms with E-state index >= 15 is 0 Å². The summed E-state index contributed by atoms with van der Waals surface area (Å²) in [5, 5.41) is 22.3. The van der Waals surface area contributed by atoms with Crippen molar-refractivity contribution in [2.75, 3.05) is 0 Å². The van der Waals surface area contributed by atoms with Gasteiger partial charge in [0.15, 0.2) is 0 Å². The zero-order valence-electron chi connectivity index (χ0n) is 12.7. The minimum absolute atomic E-state index is 0.108. The summed E-state index contributed by atoms with van der Waals surface area (Å²) in [6.07, 6.45) is 7.07. The molecule has 5 rings (SSSR count).